The Morgan fingerprint density at radius 3 is 1.95 bits per heavy atom. The van der Waals surface area contributed by atoms with Gasteiger partial charge in [0.25, 0.3) is 0 Å². The summed E-state index contributed by atoms with van der Waals surface area (Å²) in [5.74, 6) is -1.49. The third kappa shape index (κ3) is 17.3. The zero-order chi connectivity index (χ0) is 17.4. The highest BCUT2D eigenvalue weighted by molar-refractivity contribution is 5.81. The van der Waals surface area contributed by atoms with Crippen molar-refractivity contribution in [2.45, 2.75) is 13.0 Å². The maximum atomic E-state index is 10.3. The van der Waals surface area contributed by atoms with Gasteiger partial charge in [-0.1, -0.05) is 56.1 Å². The van der Waals surface area contributed by atoms with Crippen LogP contribution in [-0.4, -0.2) is 34.9 Å². The Balaban J connectivity index is 0. The summed E-state index contributed by atoms with van der Waals surface area (Å²) in [6.45, 7) is 11.3. The third-order valence-corrected chi connectivity index (χ3v) is 1.84. The van der Waals surface area contributed by atoms with E-state index in [4.69, 9.17) is 10.2 Å². The molecule has 1 rings (SSSR count). The first-order valence-corrected chi connectivity index (χ1v) is 6.37. The summed E-state index contributed by atoms with van der Waals surface area (Å²) in [7, 11) is 0. The van der Waals surface area contributed by atoms with E-state index in [2.05, 4.69) is 24.5 Å². The Bertz CT molecular complexity index is 463. The molecule has 0 aromatic heterocycles. The molecule has 22 heavy (non-hydrogen) atoms. The highest BCUT2D eigenvalue weighted by Gasteiger charge is 1.98. The maximum Gasteiger partial charge on any atom is 0.330 e. The van der Waals surface area contributed by atoms with Crippen LogP contribution in [0.15, 0.2) is 62.2 Å². The fraction of sp³-hybridized carbons (Fsp3) is 0.176. The van der Waals surface area contributed by atoms with Gasteiger partial charge >= 0.3 is 11.9 Å². The smallest absolute Gasteiger partial charge is 0.330 e. The van der Waals surface area contributed by atoms with Crippen LogP contribution in [0.5, 0.6) is 0 Å². The molecule has 120 valence electrons. The number of benzene rings is 1. The molecule has 0 saturated heterocycles. The summed E-state index contributed by atoms with van der Waals surface area (Å²) >= 11 is 0. The van der Waals surface area contributed by atoms with Crippen molar-refractivity contribution < 1.29 is 24.5 Å². The van der Waals surface area contributed by atoms with Crippen molar-refractivity contribution in [2.24, 2.45) is 0 Å². The summed E-state index contributed by atoms with van der Waals surface area (Å²) in [6.07, 6.45) is 3.12. The molecule has 0 amide bonds. The van der Waals surface area contributed by atoms with E-state index in [1.807, 2.05) is 36.4 Å². The van der Waals surface area contributed by atoms with Crippen LogP contribution in [0.1, 0.15) is 12.5 Å². The predicted molar refractivity (Wildman–Crippen MR) is 87.2 cm³/mol. The Hall–Kier alpha value is -2.66. The number of hydrogen-bond acceptors (Lipinski definition) is 4. The number of aliphatic hydroxyl groups is 1. The van der Waals surface area contributed by atoms with Gasteiger partial charge in [-0.25, -0.2) is 9.59 Å². The Labute approximate surface area is 130 Å². The molecule has 0 heterocycles. The van der Waals surface area contributed by atoms with Crippen LogP contribution < -0.4 is 0 Å². The molecule has 1 aromatic rings. The molecule has 0 aliphatic carbocycles. The van der Waals surface area contributed by atoms with Crippen molar-refractivity contribution in [3.8, 4) is 0 Å². The molecule has 1 unspecified atom stereocenters. The van der Waals surface area contributed by atoms with E-state index in [1.54, 1.807) is 0 Å². The standard InChI is InChI=1S/C8H8.C6H10O3.C3H4O2/c1-2-8-6-4-3-5-7-8;1-3-6(8)9-4-5(2)7;1-2-3(4)5/h2-7H,1H2;3,5,7H,1,4H2,2H3;2H,1H2,(H,4,5). The van der Waals surface area contributed by atoms with E-state index < -0.39 is 18.0 Å². The summed E-state index contributed by atoms with van der Waals surface area (Å²) in [4.78, 5) is 19.5. The van der Waals surface area contributed by atoms with Crippen LogP contribution in [-0.2, 0) is 14.3 Å². The van der Waals surface area contributed by atoms with Crippen molar-refractivity contribution in [1.29, 1.82) is 0 Å². The van der Waals surface area contributed by atoms with Gasteiger partial charge in [0, 0.05) is 12.2 Å². The SMILES string of the molecule is C=CC(=O)O.C=CC(=O)OCC(C)O.C=Cc1ccccc1. The second kappa shape index (κ2) is 14.7. The minimum Gasteiger partial charge on any atom is -0.478 e. The molecule has 0 spiro atoms. The summed E-state index contributed by atoms with van der Waals surface area (Å²) in [6, 6.07) is 10.0. The fourth-order valence-corrected chi connectivity index (χ4v) is 0.851. The second-order valence-corrected chi connectivity index (χ2v) is 3.84. The first-order valence-electron chi connectivity index (χ1n) is 6.37. The molecule has 0 saturated carbocycles. The number of rotatable bonds is 5. The van der Waals surface area contributed by atoms with Gasteiger partial charge < -0.3 is 14.9 Å². The normalized spacial score (nSPS) is 9.55. The number of esters is 1. The number of carboxylic acids is 1. The summed E-state index contributed by atoms with van der Waals surface area (Å²) < 4.78 is 4.45. The molecule has 0 aliphatic rings. The number of carboxylic acid groups (broad SMARTS) is 1. The van der Waals surface area contributed by atoms with E-state index in [-0.39, 0.29) is 6.61 Å². The average molecular weight is 306 g/mol. The van der Waals surface area contributed by atoms with Crippen LogP contribution in [0.2, 0.25) is 0 Å². The van der Waals surface area contributed by atoms with Gasteiger partial charge in [-0.2, -0.15) is 0 Å². The second-order valence-electron chi connectivity index (χ2n) is 3.84. The summed E-state index contributed by atoms with van der Waals surface area (Å²) in [5.41, 5.74) is 1.17. The number of carbonyl (C=O) groups is 2. The molecule has 0 bridgehead atoms. The van der Waals surface area contributed by atoms with E-state index >= 15 is 0 Å². The van der Waals surface area contributed by atoms with Crippen LogP contribution >= 0.6 is 0 Å². The van der Waals surface area contributed by atoms with Gasteiger partial charge in [-0.05, 0) is 12.5 Å². The first-order chi connectivity index (χ1) is 10.4. The zero-order valence-electron chi connectivity index (χ0n) is 12.6. The van der Waals surface area contributed by atoms with Crippen molar-refractivity contribution in [2.75, 3.05) is 6.61 Å². The van der Waals surface area contributed by atoms with Crippen molar-refractivity contribution in [1.82, 2.24) is 0 Å². The Morgan fingerprint density at radius 1 is 1.18 bits per heavy atom. The minimum absolute atomic E-state index is 0.0326. The monoisotopic (exact) mass is 306 g/mol. The third-order valence-electron chi connectivity index (χ3n) is 1.84. The lowest BCUT2D eigenvalue weighted by Crippen LogP contribution is -2.13. The van der Waals surface area contributed by atoms with Gasteiger partial charge in [0.05, 0.1) is 6.10 Å². The Kier molecular flexibility index (Phi) is 14.5. The maximum absolute atomic E-state index is 10.3. The molecule has 1 atom stereocenters. The number of ether oxygens (including phenoxy) is 1. The molecule has 0 aliphatic heterocycles. The van der Waals surface area contributed by atoms with Gasteiger partial charge in [-0.3, -0.25) is 0 Å². The molecule has 0 fully saturated rings. The predicted octanol–water partition coefficient (Wildman–Crippen LogP) is 2.68. The first kappa shape index (κ1) is 21.6. The van der Waals surface area contributed by atoms with Crippen molar-refractivity contribution in [3.05, 3.63) is 67.8 Å². The van der Waals surface area contributed by atoms with Crippen LogP contribution in [0.25, 0.3) is 6.08 Å². The quantitative estimate of drug-likeness (QED) is 0.645. The zero-order valence-corrected chi connectivity index (χ0v) is 12.6. The van der Waals surface area contributed by atoms with Crippen LogP contribution in [0.4, 0.5) is 0 Å². The average Bonchev–Trinajstić information content (AvgIpc) is 2.54. The lowest BCUT2D eigenvalue weighted by Gasteiger charge is -2.02. The van der Waals surface area contributed by atoms with E-state index in [1.165, 1.54) is 12.5 Å². The molecule has 5 heteroatoms. The highest BCUT2D eigenvalue weighted by Crippen LogP contribution is 1.97. The van der Waals surface area contributed by atoms with Gasteiger partial charge in [0.2, 0.25) is 0 Å². The number of aliphatic hydroxyl groups excluding tert-OH is 1. The largest absolute Gasteiger partial charge is 0.478 e. The fourth-order valence-electron chi connectivity index (χ4n) is 0.851. The number of aliphatic carboxylic acids is 1. The van der Waals surface area contributed by atoms with Gasteiger partial charge in [0.1, 0.15) is 6.61 Å². The molecule has 5 nitrogen and oxygen atoms in total. The number of carbonyl (C=O) groups excluding carboxylic acids is 1. The van der Waals surface area contributed by atoms with Gasteiger partial charge in [0.15, 0.2) is 0 Å². The number of hydrogen-bond donors (Lipinski definition) is 2. The molecule has 2 N–H and O–H groups in total. The van der Waals surface area contributed by atoms with Crippen LogP contribution in [0, 0.1) is 0 Å². The summed E-state index contributed by atoms with van der Waals surface area (Å²) in [5, 5.41) is 16.2. The van der Waals surface area contributed by atoms with E-state index in [9.17, 15) is 9.59 Å². The van der Waals surface area contributed by atoms with Crippen molar-refractivity contribution in [3.63, 3.8) is 0 Å². The molecular weight excluding hydrogens is 284 g/mol. The lowest BCUT2D eigenvalue weighted by molar-refractivity contribution is -0.140. The lowest BCUT2D eigenvalue weighted by atomic mass is 10.2. The Morgan fingerprint density at radius 2 is 1.68 bits per heavy atom. The van der Waals surface area contributed by atoms with E-state index in [0.717, 1.165) is 12.2 Å². The molecular formula is C17H22O5. The molecule has 1 aromatic carbocycles. The molecule has 0 radical (unpaired) electrons. The topological polar surface area (TPSA) is 83.8 Å². The van der Waals surface area contributed by atoms with Crippen molar-refractivity contribution >= 4 is 18.0 Å². The highest BCUT2D eigenvalue weighted by atomic mass is 16.5. The van der Waals surface area contributed by atoms with E-state index in [0.29, 0.717) is 0 Å². The van der Waals surface area contributed by atoms with Gasteiger partial charge in [-0.15, -0.1) is 0 Å². The minimum atomic E-state index is -0.981. The van der Waals surface area contributed by atoms with Crippen LogP contribution in [0.3, 0.4) is 0 Å².